The lowest BCUT2D eigenvalue weighted by Crippen LogP contribution is -2.30. The van der Waals surface area contributed by atoms with Gasteiger partial charge in [0.05, 0.1) is 5.41 Å². The zero-order chi connectivity index (χ0) is 23.8. The number of rotatable bonds is 6. The molecule has 3 aromatic rings. The third-order valence-corrected chi connectivity index (χ3v) is 7.10. The van der Waals surface area contributed by atoms with Gasteiger partial charge in [0.1, 0.15) is 5.78 Å². The number of fused-ring (bicyclic) bond motifs is 1. The van der Waals surface area contributed by atoms with E-state index in [2.05, 4.69) is 88.6 Å². The zero-order valence-electron chi connectivity index (χ0n) is 21.3. The average Bonchev–Trinajstić information content (AvgIpc) is 3.00. The molecule has 0 bridgehead atoms. The van der Waals surface area contributed by atoms with Crippen molar-refractivity contribution >= 4 is 28.4 Å². The molecule has 2 nitrogen and oxygen atoms in total. The minimum absolute atomic E-state index is 0.00828. The van der Waals surface area contributed by atoms with E-state index < -0.39 is 5.41 Å². The molecule has 0 saturated heterocycles. The van der Waals surface area contributed by atoms with Crippen molar-refractivity contribution in [3.05, 3.63) is 64.8 Å². The highest BCUT2D eigenvalue weighted by Crippen LogP contribution is 2.46. The average molecular weight is 438 g/mol. The van der Waals surface area contributed by atoms with Crippen LogP contribution in [0.5, 0.6) is 0 Å². The van der Waals surface area contributed by atoms with Crippen LogP contribution in [0.15, 0.2) is 47.4 Å². The lowest BCUT2D eigenvalue weighted by molar-refractivity contribution is -0.121. The van der Waals surface area contributed by atoms with E-state index >= 15 is 0 Å². The molecule has 0 fully saturated rings. The van der Waals surface area contributed by atoms with Gasteiger partial charge in [-0.2, -0.15) is 0 Å². The molecule has 0 N–H and O–H groups in total. The molecule has 2 aromatic carbocycles. The number of aromatic nitrogens is 1. The van der Waals surface area contributed by atoms with Crippen molar-refractivity contribution < 1.29 is 6.17 Å². The number of carbonyl (C=O) groups excluding carboxylic acids is 1. The van der Waals surface area contributed by atoms with Crippen molar-refractivity contribution in [2.75, 3.05) is 0 Å². The number of ketones is 1. The molecule has 3 rings (SSSR count). The van der Waals surface area contributed by atoms with Crippen molar-refractivity contribution in [3.8, 4) is 0 Å². The third-order valence-electron chi connectivity index (χ3n) is 5.87. The van der Waals surface area contributed by atoms with Crippen LogP contribution in [0.1, 0.15) is 85.0 Å². The molecule has 0 atom stereocenters. The van der Waals surface area contributed by atoms with E-state index in [9.17, 15) is 4.79 Å². The fourth-order valence-corrected chi connectivity index (χ4v) is 5.25. The first-order chi connectivity index (χ1) is 14.8. The zero-order valence-corrected chi connectivity index (χ0v) is 21.1. The normalized spacial score (nSPS) is 13.1. The van der Waals surface area contributed by atoms with E-state index in [1.165, 1.54) is 27.0 Å². The molecule has 0 aliphatic carbocycles. The van der Waals surface area contributed by atoms with Crippen LogP contribution in [0, 0.1) is 6.92 Å². The Balaban J connectivity index is 2.38. The van der Waals surface area contributed by atoms with Crippen LogP contribution >= 0.6 is 11.8 Å². The Kier molecular flexibility index (Phi) is 6.09. The summed E-state index contributed by atoms with van der Waals surface area (Å²) in [6.45, 7) is 17.7. The van der Waals surface area contributed by atoms with Crippen molar-refractivity contribution in [1.82, 2.24) is 4.57 Å². The van der Waals surface area contributed by atoms with E-state index in [4.69, 9.17) is 1.37 Å². The van der Waals surface area contributed by atoms with Gasteiger partial charge in [0, 0.05) is 34.2 Å². The second-order valence-electron chi connectivity index (χ2n) is 10.4. The highest BCUT2D eigenvalue weighted by molar-refractivity contribution is 8.00. The molecule has 31 heavy (non-hydrogen) atoms. The quantitative estimate of drug-likeness (QED) is 0.366. The molecular formula is C28H37NOS. The second kappa shape index (κ2) is 8.50. The van der Waals surface area contributed by atoms with Gasteiger partial charge in [0.25, 0.3) is 0 Å². The van der Waals surface area contributed by atoms with Crippen LogP contribution in [0.4, 0.5) is 0 Å². The van der Waals surface area contributed by atoms with Gasteiger partial charge in [0.15, 0.2) is 0 Å². The van der Waals surface area contributed by atoms with Crippen LogP contribution in [-0.2, 0) is 16.8 Å². The molecule has 0 unspecified atom stereocenters. The summed E-state index contributed by atoms with van der Waals surface area (Å²) < 4.78 is 10.2. The standard InChI is InChI=1S/C28H37NOS/c1-18(2)22-14-15-24-23(16-22)25(31-27(5,6)7)26(28(8,9)20(4)30)29(24)17-21-12-10-19(3)11-13-21/h10-16,18H,17H2,1-9H3/i4T. The number of hydrogen-bond acceptors (Lipinski definition) is 2. The van der Waals surface area contributed by atoms with Gasteiger partial charge < -0.3 is 4.57 Å². The van der Waals surface area contributed by atoms with Gasteiger partial charge in [-0.15, -0.1) is 11.8 Å². The Morgan fingerprint density at radius 3 is 2.26 bits per heavy atom. The minimum atomic E-state index is -0.753. The number of carbonyl (C=O) groups is 1. The first kappa shape index (κ1) is 22.2. The summed E-state index contributed by atoms with van der Waals surface area (Å²) in [5.74, 6) is 0.379. The van der Waals surface area contributed by atoms with Gasteiger partial charge >= 0.3 is 0 Å². The maximum absolute atomic E-state index is 13.0. The molecule has 166 valence electrons. The van der Waals surface area contributed by atoms with Crippen LogP contribution in [0.3, 0.4) is 0 Å². The van der Waals surface area contributed by atoms with E-state index in [0.717, 1.165) is 11.2 Å². The molecule has 1 heterocycles. The summed E-state index contributed by atoms with van der Waals surface area (Å²) in [6, 6.07) is 15.4. The molecule has 0 aliphatic rings. The maximum Gasteiger partial charge on any atom is 0.141 e. The van der Waals surface area contributed by atoms with E-state index in [0.29, 0.717) is 12.5 Å². The SMILES string of the molecule is [3H]CC(=O)C(C)(C)c1c(SC(C)(C)C)c2cc(C(C)C)ccc2n1Cc1ccc(C)cc1. The molecule has 0 amide bonds. The summed E-state index contributed by atoms with van der Waals surface area (Å²) in [6.07, 6.45) is 0. The third kappa shape index (κ3) is 4.92. The summed E-state index contributed by atoms with van der Waals surface area (Å²) in [5.41, 5.74) is 5.19. The number of hydrogen-bond donors (Lipinski definition) is 0. The number of nitrogens with zero attached hydrogens (tertiary/aromatic N) is 1. The summed E-state index contributed by atoms with van der Waals surface area (Å²) in [7, 11) is 0. The Morgan fingerprint density at radius 2 is 1.71 bits per heavy atom. The number of benzene rings is 2. The van der Waals surface area contributed by atoms with Gasteiger partial charge in [-0.25, -0.2) is 0 Å². The molecule has 3 heteroatoms. The minimum Gasteiger partial charge on any atom is -0.338 e. The van der Waals surface area contributed by atoms with Gasteiger partial charge in [-0.05, 0) is 56.8 Å². The Morgan fingerprint density at radius 1 is 1.06 bits per heavy atom. The van der Waals surface area contributed by atoms with Crippen LogP contribution in [0.2, 0.25) is 0 Å². The fraction of sp³-hybridized carbons (Fsp3) is 0.464. The molecule has 0 spiro atoms. The van der Waals surface area contributed by atoms with Crippen molar-refractivity contribution in [2.45, 2.75) is 89.8 Å². The van der Waals surface area contributed by atoms with E-state index in [1.807, 2.05) is 25.6 Å². The number of thioether (sulfide) groups is 1. The number of Topliss-reactive ketones (excluding diaryl/α,β-unsaturated/α-hetero) is 1. The molecule has 0 saturated carbocycles. The summed E-state index contributed by atoms with van der Waals surface area (Å²) >= 11 is 1.83. The molecule has 1 aromatic heterocycles. The highest BCUT2D eigenvalue weighted by Gasteiger charge is 2.36. The fourth-order valence-electron chi connectivity index (χ4n) is 3.90. The summed E-state index contributed by atoms with van der Waals surface area (Å²) in [4.78, 5) is 14.2. The Labute approximate surface area is 193 Å². The van der Waals surface area contributed by atoms with Crippen LogP contribution in [-0.4, -0.2) is 15.1 Å². The van der Waals surface area contributed by atoms with Gasteiger partial charge in [-0.1, -0.05) is 70.5 Å². The van der Waals surface area contributed by atoms with Crippen molar-refractivity contribution in [3.63, 3.8) is 0 Å². The Hall–Kier alpha value is -2.00. The molecular weight excluding hydrogens is 398 g/mol. The predicted octanol–water partition coefficient (Wildman–Crippen LogP) is 7.88. The second-order valence-corrected chi connectivity index (χ2v) is 12.3. The van der Waals surface area contributed by atoms with E-state index in [-0.39, 0.29) is 17.4 Å². The smallest absolute Gasteiger partial charge is 0.141 e. The topological polar surface area (TPSA) is 22.0 Å². The predicted molar refractivity (Wildman–Crippen MR) is 136 cm³/mol. The lowest BCUT2D eigenvalue weighted by atomic mass is 9.85. The highest BCUT2D eigenvalue weighted by atomic mass is 32.2. The van der Waals surface area contributed by atoms with Crippen LogP contribution in [0.25, 0.3) is 10.9 Å². The monoisotopic (exact) mass is 437 g/mol. The van der Waals surface area contributed by atoms with Crippen LogP contribution < -0.4 is 0 Å². The van der Waals surface area contributed by atoms with Gasteiger partial charge in [0.2, 0.25) is 0 Å². The summed E-state index contributed by atoms with van der Waals surface area (Å²) in [5, 5.41) is 1.21. The largest absolute Gasteiger partial charge is 0.338 e. The Bertz CT molecular complexity index is 1120. The van der Waals surface area contributed by atoms with Crippen molar-refractivity contribution in [2.24, 2.45) is 0 Å². The molecule has 0 aliphatic heterocycles. The number of aryl methyl sites for hydroxylation is 1. The van der Waals surface area contributed by atoms with Crippen molar-refractivity contribution in [1.29, 1.82) is 0 Å². The molecule has 0 radical (unpaired) electrons. The first-order valence-electron chi connectivity index (χ1n) is 11.8. The van der Waals surface area contributed by atoms with E-state index in [1.54, 1.807) is 0 Å². The lowest BCUT2D eigenvalue weighted by Gasteiger charge is -2.28. The van der Waals surface area contributed by atoms with Gasteiger partial charge in [-0.3, -0.25) is 4.79 Å². The first-order valence-corrected chi connectivity index (χ1v) is 11.9. The maximum atomic E-state index is 13.0.